The van der Waals surface area contributed by atoms with Crippen LogP contribution < -0.4 is 11.1 Å². The lowest BCUT2D eigenvalue weighted by Gasteiger charge is -2.16. The number of anilines is 1. The van der Waals surface area contributed by atoms with Gasteiger partial charge in [0.25, 0.3) is 0 Å². The Labute approximate surface area is 141 Å². The van der Waals surface area contributed by atoms with Crippen molar-refractivity contribution in [1.29, 1.82) is 0 Å². The molecule has 120 valence electrons. The summed E-state index contributed by atoms with van der Waals surface area (Å²) in [4.78, 5) is 12.1. The molecule has 0 spiro atoms. The third kappa shape index (κ3) is 4.73. The fourth-order valence-electron chi connectivity index (χ4n) is 1.81. The molecule has 0 saturated heterocycles. The molecule has 0 radical (unpaired) electrons. The highest BCUT2D eigenvalue weighted by molar-refractivity contribution is 6.30. The molecule has 2 atom stereocenters. The first kappa shape index (κ1) is 18.5. The maximum atomic E-state index is 12.1. The molecule has 5 nitrogen and oxygen atoms in total. The van der Waals surface area contributed by atoms with Crippen molar-refractivity contribution in [3.8, 4) is 0 Å². The first-order valence-electron chi connectivity index (χ1n) is 6.80. The maximum Gasteiger partial charge on any atom is 0.229 e. The van der Waals surface area contributed by atoms with E-state index in [1.807, 2.05) is 31.2 Å². The van der Waals surface area contributed by atoms with Crippen molar-refractivity contribution in [3.63, 3.8) is 0 Å². The van der Waals surface area contributed by atoms with Gasteiger partial charge in [-0.3, -0.25) is 4.79 Å². The molecule has 2 unspecified atom stereocenters. The normalized spacial score (nSPS) is 13.1. The zero-order chi connectivity index (χ0) is 15.4. The van der Waals surface area contributed by atoms with Gasteiger partial charge in [0.2, 0.25) is 5.91 Å². The van der Waals surface area contributed by atoms with E-state index in [9.17, 15) is 4.79 Å². The van der Waals surface area contributed by atoms with Gasteiger partial charge in [0.05, 0.1) is 18.7 Å². The van der Waals surface area contributed by atoms with Crippen LogP contribution in [-0.2, 0) is 11.3 Å². The molecule has 0 bridgehead atoms. The lowest BCUT2D eigenvalue weighted by Crippen LogP contribution is -2.34. The first-order chi connectivity index (χ1) is 9.97. The Morgan fingerprint density at radius 2 is 1.95 bits per heavy atom. The van der Waals surface area contributed by atoms with E-state index in [0.29, 0.717) is 17.4 Å². The summed E-state index contributed by atoms with van der Waals surface area (Å²) >= 11 is 5.87. The molecule has 3 N–H and O–H groups in total. The van der Waals surface area contributed by atoms with Crippen LogP contribution in [0.2, 0.25) is 5.02 Å². The number of hydrogen-bond acceptors (Lipinski definition) is 3. The zero-order valence-corrected chi connectivity index (χ0v) is 14.1. The summed E-state index contributed by atoms with van der Waals surface area (Å²) in [5, 5.41) is 7.78. The number of carbonyl (C=O) groups excluding carboxylic acids is 1. The molecule has 0 aliphatic rings. The summed E-state index contributed by atoms with van der Waals surface area (Å²) in [6.07, 6.45) is 1.65. The summed E-state index contributed by atoms with van der Waals surface area (Å²) in [7, 11) is 0. The topological polar surface area (TPSA) is 72.9 Å². The van der Waals surface area contributed by atoms with Gasteiger partial charge in [-0.15, -0.1) is 12.4 Å². The predicted molar refractivity (Wildman–Crippen MR) is 91.5 cm³/mol. The van der Waals surface area contributed by atoms with E-state index in [4.69, 9.17) is 17.3 Å². The van der Waals surface area contributed by atoms with Gasteiger partial charge in [0.1, 0.15) is 5.82 Å². The van der Waals surface area contributed by atoms with Gasteiger partial charge in [0, 0.05) is 17.1 Å². The number of amides is 1. The Balaban J connectivity index is 0.00000242. The average molecular weight is 343 g/mol. The third-order valence-electron chi connectivity index (χ3n) is 3.42. The quantitative estimate of drug-likeness (QED) is 0.877. The van der Waals surface area contributed by atoms with Crippen LogP contribution >= 0.6 is 24.0 Å². The number of benzene rings is 1. The SMILES string of the molecule is CC(N)C(C)C(=O)Nc1ccnn1Cc1ccc(Cl)cc1.Cl. The lowest BCUT2D eigenvalue weighted by atomic mass is 10.0. The average Bonchev–Trinajstić information content (AvgIpc) is 2.87. The molecule has 22 heavy (non-hydrogen) atoms. The van der Waals surface area contributed by atoms with Gasteiger partial charge in [-0.05, 0) is 24.6 Å². The Bertz CT molecular complexity index is 610. The smallest absolute Gasteiger partial charge is 0.229 e. The highest BCUT2D eigenvalue weighted by Gasteiger charge is 2.18. The van der Waals surface area contributed by atoms with Crippen LogP contribution in [0.3, 0.4) is 0 Å². The first-order valence-corrected chi connectivity index (χ1v) is 7.18. The minimum Gasteiger partial charge on any atom is -0.327 e. The molecule has 1 heterocycles. The number of carbonyl (C=O) groups is 1. The van der Waals surface area contributed by atoms with Crippen LogP contribution in [0.25, 0.3) is 0 Å². The molecule has 2 aromatic rings. The van der Waals surface area contributed by atoms with Gasteiger partial charge in [-0.2, -0.15) is 5.10 Å². The maximum absolute atomic E-state index is 12.1. The fourth-order valence-corrected chi connectivity index (χ4v) is 1.93. The molecule has 0 aliphatic heterocycles. The van der Waals surface area contributed by atoms with Crippen molar-refractivity contribution >= 4 is 35.7 Å². The molecule has 2 rings (SSSR count). The second-order valence-corrected chi connectivity index (χ2v) is 5.57. The Morgan fingerprint density at radius 1 is 1.32 bits per heavy atom. The van der Waals surface area contributed by atoms with E-state index in [0.717, 1.165) is 5.56 Å². The van der Waals surface area contributed by atoms with Crippen LogP contribution in [0.4, 0.5) is 5.82 Å². The number of nitrogens with two attached hydrogens (primary N) is 1. The molecule has 0 saturated carbocycles. The largest absolute Gasteiger partial charge is 0.327 e. The molecule has 0 aliphatic carbocycles. The van der Waals surface area contributed by atoms with Crippen molar-refractivity contribution in [2.24, 2.45) is 11.7 Å². The number of halogens is 2. The molecule has 1 amide bonds. The van der Waals surface area contributed by atoms with Gasteiger partial charge in [0.15, 0.2) is 0 Å². The van der Waals surface area contributed by atoms with Crippen molar-refractivity contribution in [1.82, 2.24) is 9.78 Å². The minimum atomic E-state index is -0.260. The van der Waals surface area contributed by atoms with Gasteiger partial charge >= 0.3 is 0 Å². The van der Waals surface area contributed by atoms with E-state index < -0.39 is 0 Å². The number of rotatable bonds is 5. The molecule has 7 heteroatoms. The van der Waals surface area contributed by atoms with Crippen LogP contribution in [0.5, 0.6) is 0 Å². The summed E-state index contributed by atoms with van der Waals surface area (Å²) in [5.74, 6) is 0.286. The van der Waals surface area contributed by atoms with E-state index in [1.165, 1.54) is 0 Å². The van der Waals surface area contributed by atoms with E-state index >= 15 is 0 Å². The van der Waals surface area contributed by atoms with Crippen molar-refractivity contribution < 1.29 is 4.79 Å². The summed E-state index contributed by atoms with van der Waals surface area (Å²) in [6, 6.07) is 9.09. The van der Waals surface area contributed by atoms with Crippen molar-refractivity contribution in [3.05, 3.63) is 47.1 Å². The molecule has 1 aromatic carbocycles. The lowest BCUT2D eigenvalue weighted by molar-refractivity contribution is -0.119. The Kier molecular flexibility index (Phi) is 6.87. The van der Waals surface area contributed by atoms with Gasteiger partial charge in [-0.1, -0.05) is 30.7 Å². The predicted octanol–water partition coefficient (Wildman–Crippen LogP) is 2.93. The number of aromatic nitrogens is 2. The van der Waals surface area contributed by atoms with Crippen molar-refractivity contribution in [2.75, 3.05) is 5.32 Å². The molecular formula is C15H20Cl2N4O. The van der Waals surface area contributed by atoms with E-state index in [2.05, 4.69) is 10.4 Å². The van der Waals surface area contributed by atoms with Gasteiger partial charge in [-0.25, -0.2) is 4.68 Å². The van der Waals surface area contributed by atoms with E-state index in [-0.39, 0.29) is 30.3 Å². The number of nitrogens with one attached hydrogen (secondary N) is 1. The Morgan fingerprint density at radius 3 is 2.55 bits per heavy atom. The molecular weight excluding hydrogens is 323 g/mol. The van der Waals surface area contributed by atoms with Crippen LogP contribution in [0.15, 0.2) is 36.5 Å². The third-order valence-corrected chi connectivity index (χ3v) is 3.67. The van der Waals surface area contributed by atoms with Crippen molar-refractivity contribution in [2.45, 2.75) is 26.4 Å². The Hall–Kier alpha value is -1.56. The number of nitrogens with zero attached hydrogens (tertiary/aromatic N) is 2. The van der Waals surface area contributed by atoms with Gasteiger partial charge < -0.3 is 11.1 Å². The highest BCUT2D eigenvalue weighted by atomic mass is 35.5. The summed E-state index contributed by atoms with van der Waals surface area (Å²) < 4.78 is 1.73. The molecule has 0 fully saturated rings. The monoisotopic (exact) mass is 342 g/mol. The second kappa shape index (κ2) is 8.17. The van der Waals surface area contributed by atoms with Crippen LogP contribution in [0, 0.1) is 5.92 Å². The highest BCUT2D eigenvalue weighted by Crippen LogP contribution is 2.14. The second-order valence-electron chi connectivity index (χ2n) is 5.14. The standard InChI is InChI=1S/C15H19ClN4O.ClH/c1-10(11(2)17)15(21)19-14-7-8-18-20(14)9-12-3-5-13(16)6-4-12;/h3-8,10-11H,9,17H2,1-2H3,(H,19,21);1H. The minimum absolute atomic E-state index is 0. The fraction of sp³-hybridized carbons (Fsp3) is 0.333. The summed E-state index contributed by atoms with van der Waals surface area (Å²) in [5.41, 5.74) is 6.80. The molecule has 1 aromatic heterocycles. The van der Waals surface area contributed by atoms with E-state index in [1.54, 1.807) is 23.9 Å². The number of hydrogen-bond donors (Lipinski definition) is 2. The zero-order valence-electron chi connectivity index (χ0n) is 12.5. The van der Waals surface area contributed by atoms with Crippen LogP contribution in [-0.4, -0.2) is 21.7 Å². The summed E-state index contributed by atoms with van der Waals surface area (Å²) in [6.45, 7) is 4.18. The van der Waals surface area contributed by atoms with Crippen LogP contribution in [0.1, 0.15) is 19.4 Å².